The summed E-state index contributed by atoms with van der Waals surface area (Å²) in [5.41, 5.74) is 1.63. The van der Waals surface area contributed by atoms with Gasteiger partial charge in [-0.25, -0.2) is 4.98 Å². The molecule has 6 heteroatoms. The fraction of sp³-hybridized carbons (Fsp3) is 0.333. The van der Waals surface area contributed by atoms with E-state index in [9.17, 15) is 9.90 Å². The molecular formula is C18H22N4O2. The number of aromatic nitrogens is 1. The number of carbonyl (C=O) groups excluding carboxylic acids is 1. The van der Waals surface area contributed by atoms with Gasteiger partial charge in [-0.1, -0.05) is 6.07 Å². The molecule has 24 heavy (non-hydrogen) atoms. The van der Waals surface area contributed by atoms with Crippen molar-refractivity contribution in [2.75, 3.05) is 42.5 Å². The summed E-state index contributed by atoms with van der Waals surface area (Å²) in [6.45, 7) is 5.68. The average Bonchev–Trinajstić information content (AvgIpc) is 2.62. The highest BCUT2D eigenvalue weighted by Crippen LogP contribution is 2.24. The Morgan fingerprint density at radius 3 is 2.62 bits per heavy atom. The monoisotopic (exact) mass is 326 g/mol. The Balaban J connectivity index is 1.72. The van der Waals surface area contributed by atoms with Gasteiger partial charge in [-0.3, -0.25) is 4.79 Å². The van der Waals surface area contributed by atoms with Gasteiger partial charge in [0.05, 0.1) is 5.56 Å². The zero-order valence-corrected chi connectivity index (χ0v) is 13.8. The zero-order valence-electron chi connectivity index (χ0n) is 13.8. The number of nitrogens with zero attached hydrogens (tertiary/aromatic N) is 3. The highest BCUT2D eigenvalue weighted by atomic mass is 16.3. The number of carbonyl (C=O) groups is 1. The summed E-state index contributed by atoms with van der Waals surface area (Å²) in [6, 6.07) is 10.9. The van der Waals surface area contributed by atoms with E-state index in [0.717, 1.165) is 37.7 Å². The van der Waals surface area contributed by atoms with Crippen molar-refractivity contribution in [1.29, 1.82) is 0 Å². The van der Waals surface area contributed by atoms with Gasteiger partial charge in [-0.2, -0.15) is 0 Å². The van der Waals surface area contributed by atoms with Gasteiger partial charge >= 0.3 is 0 Å². The van der Waals surface area contributed by atoms with E-state index in [4.69, 9.17) is 0 Å². The quantitative estimate of drug-likeness (QED) is 0.898. The molecule has 0 unspecified atom stereocenters. The smallest absolute Gasteiger partial charge is 0.255 e. The molecule has 1 aliphatic heterocycles. The molecule has 1 aromatic carbocycles. The van der Waals surface area contributed by atoms with Crippen LogP contribution in [0.15, 0.2) is 42.6 Å². The Morgan fingerprint density at radius 2 is 1.92 bits per heavy atom. The standard InChI is InChI=1S/C18H22N4O2/c1-2-19-18(24)16-7-4-8-20-17(16)22-11-9-21(10-12-22)14-5-3-6-15(23)13-14/h3-8,13,23H,2,9-12H2,1H3,(H,19,24). The third-order valence-electron chi connectivity index (χ3n) is 4.14. The molecule has 2 N–H and O–H groups in total. The number of phenolic OH excluding ortho intramolecular Hbond substituents is 1. The van der Waals surface area contributed by atoms with Gasteiger partial charge in [0.15, 0.2) is 0 Å². The second-order valence-corrected chi connectivity index (χ2v) is 5.73. The molecule has 2 aromatic rings. The van der Waals surface area contributed by atoms with Crippen LogP contribution < -0.4 is 15.1 Å². The van der Waals surface area contributed by atoms with Crippen molar-refractivity contribution < 1.29 is 9.90 Å². The van der Waals surface area contributed by atoms with Crippen molar-refractivity contribution in [2.24, 2.45) is 0 Å². The number of aromatic hydroxyl groups is 1. The SMILES string of the molecule is CCNC(=O)c1cccnc1N1CCN(c2cccc(O)c2)CC1. The normalized spacial score (nSPS) is 14.5. The molecule has 1 fully saturated rings. The van der Waals surface area contributed by atoms with Crippen molar-refractivity contribution in [2.45, 2.75) is 6.92 Å². The lowest BCUT2D eigenvalue weighted by molar-refractivity contribution is 0.0956. The lowest BCUT2D eigenvalue weighted by atomic mass is 10.2. The van der Waals surface area contributed by atoms with Crippen molar-refractivity contribution >= 4 is 17.4 Å². The molecule has 2 heterocycles. The highest BCUT2D eigenvalue weighted by Gasteiger charge is 2.22. The minimum atomic E-state index is -0.0870. The molecule has 0 saturated carbocycles. The first-order valence-electron chi connectivity index (χ1n) is 8.21. The van der Waals surface area contributed by atoms with Gasteiger partial charge in [0.2, 0.25) is 0 Å². The first-order chi connectivity index (χ1) is 11.7. The molecule has 1 amide bonds. The van der Waals surface area contributed by atoms with Crippen LogP contribution in [-0.4, -0.2) is 48.7 Å². The van der Waals surface area contributed by atoms with Gasteiger partial charge in [-0.05, 0) is 31.2 Å². The minimum absolute atomic E-state index is 0.0870. The molecule has 3 rings (SSSR count). The molecule has 1 saturated heterocycles. The average molecular weight is 326 g/mol. The summed E-state index contributed by atoms with van der Waals surface area (Å²) < 4.78 is 0. The van der Waals surface area contributed by atoms with Crippen LogP contribution in [0.5, 0.6) is 5.75 Å². The topological polar surface area (TPSA) is 68.7 Å². The maximum Gasteiger partial charge on any atom is 0.255 e. The number of amides is 1. The lowest BCUT2D eigenvalue weighted by Crippen LogP contribution is -2.47. The molecular weight excluding hydrogens is 304 g/mol. The van der Waals surface area contributed by atoms with E-state index in [0.29, 0.717) is 12.1 Å². The van der Waals surface area contributed by atoms with Crippen LogP contribution in [0.2, 0.25) is 0 Å². The number of anilines is 2. The Labute approximate surface area is 141 Å². The second kappa shape index (κ2) is 7.21. The van der Waals surface area contributed by atoms with Crippen LogP contribution in [-0.2, 0) is 0 Å². The van der Waals surface area contributed by atoms with Crippen LogP contribution in [0, 0.1) is 0 Å². The number of rotatable bonds is 4. The summed E-state index contributed by atoms with van der Waals surface area (Å²) in [4.78, 5) is 21.0. The second-order valence-electron chi connectivity index (χ2n) is 5.73. The molecule has 0 spiro atoms. The summed E-state index contributed by atoms with van der Waals surface area (Å²) in [5.74, 6) is 0.924. The van der Waals surface area contributed by atoms with E-state index in [-0.39, 0.29) is 11.7 Å². The molecule has 126 valence electrons. The van der Waals surface area contributed by atoms with Crippen molar-refractivity contribution in [3.8, 4) is 5.75 Å². The third kappa shape index (κ3) is 3.42. The van der Waals surface area contributed by atoms with Crippen LogP contribution in [0.25, 0.3) is 0 Å². The summed E-state index contributed by atoms with van der Waals surface area (Å²) in [5, 5.41) is 12.5. The van der Waals surface area contributed by atoms with Crippen LogP contribution in [0.1, 0.15) is 17.3 Å². The highest BCUT2D eigenvalue weighted by molar-refractivity contribution is 5.98. The van der Waals surface area contributed by atoms with E-state index in [2.05, 4.69) is 20.1 Å². The number of nitrogens with one attached hydrogen (secondary N) is 1. The predicted molar refractivity (Wildman–Crippen MR) is 94.8 cm³/mol. The van der Waals surface area contributed by atoms with Gasteiger partial charge in [0.25, 0.3) is 5.91 Å². The summed E-state index contributed by atoms with van der Waals surface area (Å²) >= 11 is 0. The largest absolute Gasteiger partial charge is 0.508 e. The van der Waals surface area contributed by atoms with Gasteiger partial charge in [-0.15, -0.1) is 0 Å². The maximum absolute atomic E-state index is 12.2. The number of pyridine rings is 1. The van der Waals surface area contributed by atoms with Crippen LogP contribution in [0.4, 0.5) is 11.5 Å². The zero-order chi connectivity index (χ0) is 16.9. The van der Waals surface area contributed by atoms with Gasteiger partial charge < -0.3 is 20.2 Å². The van der Waals surface area contributed by atoms with Gasteiger partial charge in [0.1, 0.15) is 11.6 Å². The molecule has 0 bridgehead atoms. The molecule has 0 aliphatic carbocycles. The number of phenols is 1. The predicted octanol–water partition coefficient (Wildman–Crippen LogP) is 1.86. The van der Waals surface area contributed by atoms with Gasteiger partial charge in [0, 0.05) is 50.7 Å². The van der Waals surface area contributed by atoms with Crippen LogP contribution in [0.3, 0.4) is 0 Å². The molecule has 0 radical (unpaired) electrons. The maximum atomic E-state index is 12.2. The molecule has 1 aromatic heterocycles. The molecule has 1 aliphatic rings. The van der Waals surface area contributed by atoms with E-state index < -0.39 is 0 Å². The van der Waals surface area contributed by atoms with Crippen molar-refractivity contribution in [1.82, 2.24) is 10.3 Å². The van der Waals surface area contributed by atoms with E-state index in [1.165, 1.54) is 0 Å². The summed E-state index contributed by atoms with van der Waals surface area (Å²) in [7, 11) is 0. The molecule has 0 atom stereocenters. The fourth-order valence-corrected chi connectivity index (χ4v) is 2.95. The molecule has 6 nitrogen and oxygen atoms in total. The van der Waals surface area contributed by atoms with Crippen molar-refractivity contribution in [3.05, 3.63) is 48.2 Å². The Bertz CT molecular complexity index is 712. The van der Waals surface area contributed by atoms with Crippen LogP contribution >= 0.6 is 0 Å². The number of benzene rings is 1. The van der Waals surface area contributed by atoms with E-state index >= 15 is 0 Å². The summed E-state index contributed by atoms with van der Waals surface area (Å²) in [6.07, 6.45) is 1.72. The first-order valence-corrected chi connectivity index (χ1v) is 8.21. The minimum Gasteiger partial charge on any atom is -0.508 e. The Morgan fingerprint density at radius 1 is 1.17 bits per heavy atom. The number of hydrogen-bond donors (Lipinski definition) is 2. The third-order valence-corrected chi connectivity index (χ3v) is 4.14. The Hall–Kier alpha value is -2.76. The Kier molecular flexibility index (Phi) is 4.84. The first kappa shape index (κ1) is 16.1. The van der Waals surface area contributed by atoms with E-state index in [1.807, 2.05) is 25.1 Å². The number of hydrogen-bond acceptors (Lipinski definition) is 5. The van der Waals surface area contributed by atoms with Crippen molar-refractivity contribution in [3.63, 3.8) is 0 Å². The fourth-order valence-electron chi connectivity index (χ4n) is 2.95. The number of piperazine rings is 1. The van der Waals surface area contributed by atoms with E-state index in [1.54, 1.807) is 24.4 Å². The lowest BCUT2D eigenvalue weighted by Gasteiger charge is -2.37.